The van der Waals surface area contributed by atoms with E-state index in [4.69, 9.17) is 4.74 Å². The van der Waals surface area contributed by atoms with Crippen molar-refractivity contribution >= 4 is 35.4 Å². The van der Waals surface area contributed by atoms with E-state index in [0.29, 0.717) is 28.3 Å². The molecule has 2 aliphatic rings. The van der Waals surface area contributed by atoms with E-state index in [1.54, 1.807) is 30.1 Å². The summed E-state index contributed by atoms with van der Waals surface area (Å²) in [6.45, 7) is 2.72. The zero-order valence-corrected chi connectivity index (χ0v) is 21.6. The number of aryl methyl sites for hydroxylation is 2. The second-order valence-corrected chi connectivity index (χ2v) is 10.3. The van der Waals surface area contributed by atoms with Crippen LogP contribution in [0.25, 0.3) is 0 Å². The van der Waals surface area contributed by atoms with Gasteiger partial charge in [-0.1, -0.05) is 0 Å². The number of nitrogens with one attached hydrogen (secondary N) is 3. The first-order chi connectivity index (χ1) is 17.8. The predicted octanol–water partition coefficient (Wildman–Crippen LogP) is 3.00. The van der Waals surface area contributed by atoms with E-state index >= 15 is 0 Å². The Balaban J connectivity index is 1.45. The molecule has 1 fully saturated rings. The van der Waals surface area contributed by atoms with Crippen LogP contribution in [-0.2, 0) is 16.6 Å². The summed E-state index contributed by atoms with van der Waals surface area (Å²) >= 11 is 1.27. The molecule has 206 valence electrons. The fraction of sp³-hybridized carbons (Fsp3) is 0.458. The summed E-state index contributed by atoms with van der Waals surface area (Å²) in [5, 5.41) is 4.44. The van der Waals surface area contributed by atoms with Gasteiger partial charge >= 0.3 is 18.0 Å². The number of hydrogen-bond donors (Lipinski definition) is 3. The largest absolute Gasteiger partial charge is 0.489 e. The molecule has 3 N–H and O–H groups in total. The van der Waals surface area contributed by atoms with Gasteiger partial charge in [-0.15, -0.1) is 0 Å². The Kier molecular flexibility index (Phi) is 7.93. The SMILES string of the molecule is Cc1cc(NC(=O)c2c3c(cn2C)SN[C@@H]2CCN(C(=O)C(=O)N[C@@H](C)C(F)(F)F)C[C@H]2CO3)ccc1F. The molecule has 0 unspecified atom stereocenters. The summed E-state index contributed by atoms with van der Waals surface area (Å²) in [5.74, 6) is -3.18. The van der Waals surface area contributed by atoms with Gasteiger partial charge in [-0.3, -0.25) is 19.1 Å². The van der Waals surface area contributed by atoms with Gasteiger partial charge in [0.25, 0.3) is 5.91 Å². The second kappa shape index (κ2) is 10.8. The highest BCUT2D eigenvalue weighted by Crippen LogP contribution is 2.37. The second-order valence-electron chi connectivity index (χ2n) is 9.37. The molecule has 14 heteroatoms. The predicted molar refractivity (Wildman–Crippen MR) is 131 cm³/mol. The number of piperidine rings is 1. The molecule has 0 radical (unpaired) electrons. The highest BCUT2D eigenvalue weighted by Gasteiger charge is 2.40. The van der Waals surface area contributed by atoms with Gasteiger partial charge in [0.15, 0.2) is 11.4 Å². The van der Waals surface area contributed by atoms with Crippen molar-refractivity contribution in [2.45, 2.75) is 43.4 Å². The smallest absolute Gasteiger partial charge is 0.408 e. The Labute approximate surface area is 220 Å². The summed E-state index contributed by atoms with van der Waals surface area (Å²) in [4.78, 5) is 39.7. The minimum Gasteiger partial charge on any atom is -0.489 e. The first-order valence-electron chi connectivity index (χ1n) is 11.8. The number of fused-ring (bicyclic) bond motifs is 2. The van der Waals surface area contributed by atoms with Crippen LogP contribution in [0.15, 0.2) is 29.3 Å². The Hall–Kier alpha value is -3.26. The van der Waals surface area contributed by atoms with Crippen molar-refractivity contribution in [3.63, 3.8) is 0 Å². The van der Waals surface area contributed by atoms with E-state index in [2.05, 4.69) is 10.0 Å². The molecule has 0 aliphatic carbocycles. The highest BCUT2D eigenvalue weighted by molar-refractivity contribution is 7.97. The van der Waals surface area contributed by atoms with E-state index in [0.717, 1.165) is 6.92 Å². The average Bonchev–Trinajstić information content (AvgIpc) is 3.15. The number of carbonyl (C=O) groups excluding carboxylic acids is 3. The number of amides is 3. The molecule has 3 heterocycles. The lowest BCUT2D eigenvalue weighted by molar-refractivity contribution is -0.162. The van der Waals surface area contributed by atoms with Crippen LogP contribution in [0.3, 0.4) is 0 Å². The number of nitrogens with zero attached hydrogens (tertiary/aromatic N) is 2. The molecule has 3 amide bonds. The van der Waals surface area contributed by atoms with Gasteiger partial charge in [-0.2, -0.15) is 13.2 Å². The zero-order valence-electron chi connectivity index (χ0n) is 20.8. The van der Waals surface area contributed by atoms with Crippen molar-refractivity contribution in [2.75, 3.05) is 25.0 Å². The van der Waals surface area contributed by atoms with Crippen LogP contribution in [0, 0.1) is 18.7 Å². The number of rotatable bonds is 3. The van der Waals surface area contributed by atoms with Gasteiger partial charge in [-0.05, 0) is 56.0 Å². The van der Waals surface area contributed by atoms with Gasteiger partial charge < -0.3 is 24.8 Å². The summed E-state index contributed by atoms with van der Waals surface area (Å²) in [6.07, 6.45) is -2.47. The lowest BCUT2D eigenvalue weighted by atomic mass is 9.93. The number of carbonyl (C=O) groups is 3. The van der Waals surface area contributed by atoms with Crippen LogP contribution in [0.1, 0.15) is 29.4 Å². The number of aromatic nitrogens is 1. The maximum Gasteiger partial charge on any atom is 0.408 e. The standard InChI is InChI=1S/C24H27F4N5O4S/c1-12-8-15(4-5-16(12)25)30-21(34)19-20-18(10-32(19)3)38-31-17-6-7-33(9-14(17)11-37-20)23(36)22(35)29-13(2)24(26,27)28/h4-5,8,10,13-14,17,31H,6-7,9,11H2,1-3H3,(H,29,35)(H,30,34)/t13-,14-,17+/m0/s1. The molecule has 1 aromatic carbocycles. The summed E-state index contributed by atoms with van der Waals surface area (Å²) in [7, 11) is 1.69. The normalized spacial score (nSPS) is 20.2. The molecule has 9 nitrogen and oxygen atoms in total. The lowest BCUT2D eigenvalue weighted by Crippen LogP contribution is -2.56. The molecule has 1 aromatic heterocycles. The number of anilines is 1. The van der Waals surface area contributed by atoms with E-state index in [9.17, 15) is 31.9 Å². The maximum absolute atomic E-state index is 13.6. The molecule has 3 atom stereocenters. The van der Waals surface area contributed by atoms with E-state index in [-0.39, 0.29) is 43.2 Å². The fourth-order valence-corrected chi connectivity index (χ4v) is 5.37. The Morgan fingerprint density at radius 2 is 2.00 bits per heavy atom. The fourth-order valence-electron chi connectivity index (χ4n) is 4.32. The highest BCUT2D eigenvalue weighted by atomic mass is 32.2. The molecule has 0 bridgehead atoms. The van der Waals surface area contributed by atoms with Gasteiger partial charge in [0, 0.05) is 44.0 Å². The maximum atomic E-state index is 13.6. The van der Waals surface area contributed by atoms with Gasteiger partial charge in [0.2, 0.25) is 0 Å². The van der Waals surface area contributed by atoms with Crippen molar-refractivity contribution in [3.05, 3.63) is 41.5 Å². The minimum absolute atomic E-state index is 0.0867. The molecule has 0 saturated carbocycles. The Morgan fingerprint density at radius 1 is 1.26 bits per heavy atom. The third-order valence-electron chi connectivity index (χ3n) is 6.55. The Bertz CT molecular complexity index is 1250. The number of halogens is 4. The van der Waals surface area contributed by atoms with Gasteiger partial charge in [-0.25, -0.2) is 4.39 Å². The third-order valence-corrected chi connectivity index (χ3v) is 7.48. The van der Waals surface area contributed by atoms with Crippen LogP contribution in [0.2, 0.25) is 0 Å². The lowest BCUT2D eigenvalue weighted by Gasteiger charge is -2.39. The molecule has 0 spiro atoms. The van der Waals surface area contributed by atoms with Crippen molar-refractivity contribution in [2.24, 2.45) is 13.0 Å². The minimum atomic E-state index is -4.66. The Morgan fingerprint density at radius 3 is 2.68 bits per heavy atom. The van der Waals surface area contributed by atoms with Crippen LogP contribution in [0.5, 0.6) is 5.75 Å². The first kappa shape index (κ1) is 27.8. The number of alkyl halides is 3. The molecule has 2 aromatic rings. The van der Waals surface area contributed by atoms with Crippen LogP contribution < -0.4 is 20.1 Å². The number of ether oxygens (including phenoxy) is 1. The molecule has 38 heavy (non-hydrogen) atoms. The topological polar surface area (TPSA) is 105 Å². The third kappa shape index (κ3) is 5.90. The van der Waals surface area contributed by atoms with E-state index in [1.807, 2.05) is 0 Å². The summed E-state index contributed by atoms with van der Waals surface area (Å²) in [5.41, 5.74) is 1.03. The quantitative estimate of drug-likeness (QED) is 0.305. The molecule has 1 saturated heterocycles. The molecule has 2 aliphatic heterocycles. The van der Waals surface area contributed by atoms with Crippen molar-refractivity contribution in [3.8, 4) is 5.75 Å². The summed E-state index contributed by atoms with van der Waals surface area (Å²) in [6, 6.07) is 1.97. The van der Waals surface area contributed by atoms with Crippen molar-refractivity contribution < 1.29 is 36.7 Å². The van der Waals surface area contributed by atoms with Gasteiger partial charge in [0.05, 0.1) is 11.5 Å². The summed E-state index contributed by atoms with van der Waals surface area (Å²) < 4.78 is 62.9. The number of likely N-dealkylation sites (tertiary alicyclic amines) is 1. The van der Waals surface area contributed by atoms with Crippen LogP contribution >= 0.6 is 11.9 Å². The van der Waals surface area contributed by atoms with Crippen LogP contribution in [0.4, 0.5) is 23.2 Å². The monoisotopic (exact) mass is 557 g/mol. The van der Waals surface area contributed by atoms with Gasteiger partial charge in [0.1, 0.15) is 11.9 Å². The molecular formula is C24H27F4N5O4S. The zero-order chi connectivity index (χ0) is 27.8. The molecular weight excluding hydrogens is 530 g/mol. The average molecular weight is 558 g/mol. The van der Waals surface area contributed by atoms with Crippen LogP contribution in [-0.4, -0.2) is 65.1 Å². The van der Waals surface area contributed by atoms with E-state index in [1.165, 1.54) is 35.0 Å². The first-order valence-corrected chi connectivity index (χ1v) is 12.6. The number of hydrogen-bond acceptors (Lipinski definition) is 6. The van der Waals surface area contributed by atoms with Crippen molar-refractivity contribution in [1.82, 2.24) is 19.5 Å². The van der Waals surface area contributed by atoms with E-state index < -0.39 is 29.9 Å². The van der Waals surface area contributed by atoms with Crippen molar-refractivity contribution in [1.29, 1.82) is 0 Å². The molecule has 4 rings (SSSR count). The number of benzene rings is 1.